The number of rotatable bonds is 3. The summed E-state index contributed by atoms with van der Waals surface area (Å²) in [6, 6.07) is 2.90. The van der Waals surface area contributed by atoms with E-state index in [2.05, 4.69) is 5.32 Å². The molecule has 96 valence electrons. The van der Waals surface area contributed by atoms with Gasteiger partial charge in [-0.15, -0.1) is 0 Å². The zero-order valence-electron chi connectivity index (χ0n) is 8.75. The van der Waals surface area contributed by atoms with Gasteiger partial charge in [-0.3, -0.25) is 4.55 Å². The quantitative estimate of drug-likeness (QED) is 0.819. The Hall–Kier alpha value is -1.12. The van der Waals surface area contributed by atoms with E-state index in [1.165, 1.54) is 13.1 Å². The third-order valence-corrected chi connectivity index (χ3v) is 3.03. The third-order valence-electron chi connectivity index (χ3n) is 2.03. The first-order valence-electron chi connectivity index (χ1n) is 4.49. The summed E-state index contributed by atoms with van der Waals surface area (Å²) in [5, 5.41) is 2.53. The Balaban J connectivity index is 3.58. The summed E-state index contributed by atoms with van der Waals surface area (Å²) in [5.41, 5.74) is -1.50. The Kier molecular flexibility index (Phi) is 3.80. The van der Waals surface area contributed by atoms with Gasteiger partial charge in [0, 0.05) is 6.54 Å². The second-order valence-corrected chi connectivity index (χ2v) is 4.66. The van der Waals surface area contributed by atoms with Gasteiger partial charge in [-0.2, -0.15) is 21.6 Å². The molecule has 0 aliphatic heterocycles. The Bertz CT molecular complexity index is 511. The minimum atomic E-state index is -4.93. The lowest BCUT2D eigenvalue weighted by Gasteiger charge is -2.14. The number of nitrogens with one attached hydrogen (secondary N) is 1. The predicted octanol–water partition coefficient (Wildman–Crippen LogP) is 1.67. The molecule has 1 aromatic rings. The van der Waals surface area contributed by atoms with E-state index in [1.807, 2.05) is 0 Å². The van der Waals surface area contributed by atoms with Gasteiger partial charge in [-0.25, -0.2) is 0 Å². The summed E-state index contributed by atoms with van der Waals surface area (Å²) in [6.45, 7) is -0.0982. The fourth-order valence-corrected chi connectivity index (χ4v) is 2.38. The van der Waals surface area contributed by atoms with Crippen molar-refractivity contribution in [3.8, 4) is 0 Å². The zero-order chi connectivity index (χ0) is 13.3. The monoisotopic (exact) mass is 269 g/mol. The van der Waals surface area contributed by atoms with Crippen molar-refractivity contribution in [2.75, 3.05) is 7.05 Å². The molecule has 17 heavy (non-hydrogen) atoms. The molecule has 0 atom stereocenters. The number of hydrogen-bond donors (Lipinski definition) is 2. The van der Waals surface area contributed by atoms with Crippen LogP contribution in [0.1, 0.15) is 11.1 Å². The van der Waals surface area contributed by atoms with Crippen molar-refractivity contribution in [3.05, 3.63) is 29.3 Å². The summed E-state index contributed by atoms with van der Waals surface area (Å²) in [6.07, 6.45) is -4.84. The Labute approximate surface area is 96.2 Å². The molecule has 0 saturated heterocycles. The van der Waals surface area contributed by atoms with Gasteiger partial charge < -0.3 is 5.32 Å². The van der Waals surface area contributed by atoms with E-state index in [0.29, 0.717) is 6.07 Å². The van der Waals surface area contributed by atoms with E-state index < -0.39 is 26.8 Å². The molecule has 0 aromatic heterocycles. The number of benzene rings is 1. The molecule has 0 saturated carbocycles. The Morgan fingerprint density at radius 3 is 2.35 bits per heavy atom. The normalized spacial score (nSPS) is 12.8. The van der Waals surface area contributed by atoms with Crippen LogP contribution in [-0.4, -0.2) is 20.0 Å². The zero-order valence-corrected chi connectivity index (χ0v) is 9.56. The van der Waals surface area contributed by atoms with Crippen molar-refractivity contribution >= 4 is 10.1 Å². The van der Waals surface area contributed by atoms with Crippen molar-refractivity contribution in [2.45, 2.75) is 17.6 Å². The number of alkyl halides is 3. The summed E-state index contributed by atoms with van der Waals surface area (Å²) < 4.78 is 68.7. The van der Waals surface area contributed by atoms with Crippen LogP contribution in [0.2, 0.25) is 0 Å². The van der Waals surface area contributed by atoms with Crippen molar-refractivity contribution in [1.82, 2.24) is 5.32 Å². The summed E-state index contributed by atoms with van der Waals surface area (Å²) >= 11 is 0. The van der Waals surface area contributed by atoms with Crippen LogP contribution in [0, 0.1) is 0 Å². The van der Waals surface area contributed by atoms with Gasteiger partial charge in [0.1, 0.15) is 4.90 Å². The molecule has 1 rings (SSSR count). The summed E-state index contributed by atoms with van der Waals surface area (Å²) in [4.78, 5) is -1.10. The van der Waals surface area contributed by atoms with Gasteiger partial charge in [0.05, 0.1) is 5.56 Å². The molecule has 0 radical (unpaired) electrons. The maximum absolute atomic E-state index is 12.6. The highest BCUT2D eigenvalue weighted by Gasteiger charge is 2.37. The largest absolute Gasteiger partial charge is 0.417 e. The number of halogens is 3. The molecule has 1 aromatic carbocycles. The fourth-order valence-electron chi connectivity index (χ4n) is 1.44. The standard InChI is InChI=1S/C9H10F3NO3S/c1-13-5-6-3-2-4-7(9(10,11)12)8(6)17(14,15)16/h2-4,13H,5H2,1H3,(H,14,15,16). The second kappa shape index (κ2) is 4.63. The second-order valence-electron chi connectivity index (χ2n) is 3.30. The smallest absolute Gasteiger partial charge is 0.316 e. The van der Waals surface area contributed by atoms with E-state index in [1.54, 1.807) is 0 Å². The van der Waals surface area contributed by atoms with Crippen LogP contribution in [0.5, 0.6) is 0 Å². The van der Waals surface area contributed by atoms with Crippen LogP contribution in [0.15, 0.2) is 23.1 Å². The Morgan fingerprint density at radius 2 is 1.94 bits per heavy atom. The van der Waals surface area contributed by atoms with Crippen molar-refractivity contribution in [2.24, 2.45) is 0 Å². The van der Waals surface area contributed by atoms with E-state index in [9.17, 15) is 21.6 Å². The highest BCUT2D eigenvalue weighted by atomic mass is 32.2. The molecular weight excluding hydrogens is 259 g/mol. The highest BCUT2D eigenvalue weighted by Crippen LogP contribution is 2.35. The number of hydrogen-bond acceptors (Lipinski definition) is 3. The van der Waals surface area contributed by atoms with E-state index >= 15 is 0 Å². The minimum absolute atomic E-state index is 0.0982. The van der Waals surface area contributed by atoms with Crippen molar-refractivity contribution in [1.29, 1.82) is 0 Å². The maximum Gasteiger partial charge on any atom is 0.417 e. The molecule has 8 heteroatoms. The topological polar surface area (TPSA) is 66.4 Å². The molecule has 0 aliphatic carbocycles. The molecule has 2 N–H and O–H groups in total. The average molecular weight is 269 g/mol. The minimum Gasteiger partial charge on any atom is -0.316 e. The van der Waals surface area contributed by atoms with Crippen molar-refractivity contribution in [3.63, 3.8) is 0 Å². The van der Waals surface area contributed by atoms with Crippen LogP contribution < -0.4 is 5.32 Å². The molecule has 0 bridgehead atoms. The van der Waals surface area contributed by atoms with Gasteiger partial charge in [-0.05, 0) is 18.7 Å². The van der Waals surface area contributed by atoms with Crippen LogP contribution in [0.4, 0.5) is 13.2 Å². The summed E-state index contributed by atoms with van der Waals surface area (Å²) in [7, 11) is -3.48. The van der Waals surface area contributed by atoms with Gasteiger partial charge in [-0.1, -0.05) is 12.1 Å². The van der Waals surface area contributed by atoms with Crippen LogP contribution in [-0.2, 0) is 22.8 Å². The first kappa shape index (κ1) is 13.9. The lowest BCUT2D eigenvalue weighted by Crippen LogP contribution is -2.17. The Morgan fingerprint density at radius 1 is 1.35 bits per heavy atom. The first-order valence-corrected chi connectivity index (χ1v) is 5.93. The molecule has 4 nitrogen and oxygen atoms in total. The lowest BCUT2D eigenvalue weighted by atomic mass is 10.1. The predicted molar refractivity (Wildman–Crippen MR) is 54.0 cm³/mol. The first-order chi connectivity index (χ1) is 7.68. The molecular formula is C9H10F3NO3S. The molecule has 0 unspecified atom stereocenters. The summed E-state index contributed by atoms with van der Waals surface area (Å²) in [5.74, 6) is 0. The highest BCUT2D eigenvalue weighted by molar-refractivity contribution is 7.86. The third kappa shape index (κ3) is 3.18. The van der Waals surface area contributed by atoms with E-state index in [-0.39, 0.29) is 12.1 Å². The van der Waals surface area contributed by atoms with Gasteiger partial charge >= 0.3 is 6.18 Å². The lowest BCUT2D eigenvalue weighted by molar-refractivity contribution is -0.140. The molecule has 0 fully saturated rings. The molecule has 0 aliphatic rings. The average Bonchev–Trinajstić information content (AvgIpc) is 2.14. The molecule has 0 heterocycles. The van der Waals surface area contributed by atoms with Crippen LogP contribution in [0.3, 0.4) is 0 Å². The van der Waals surface area contributed by atoms with Crippen molar-refractivity contribution < 1.29 is 26.1 Å². The van der Waals surface area contributed by atoms with E-state index in [4.69, 9.17) is 4.55 Å². The van der Waals surface area contributed by atoms with Gasteiger partial charge in [0.15, 0.2) is 0 Å². The van der Waals surface area contributed by atoms with Crippen LogP contribution in [0.25, 0.3) is 0 Å². The van der Waals surface area contributed by atoms with Gasteiger partial charge in [0.25, 0.3) is 10.1 Å². The van der Waals surface area contributed by atoms with Crippen LogP contribution >= 0.6 is 0 Å². The fraction of sp³-hybridized carbons (Fsp3) is 0.333. The molecule has 0 spiro atoms. The van der Waals surface area contributed by atoms with E-state index in [0.717, 1.165) is 6.07 Å². The SMILES string of the molecule is CNCc1cccc(C(F)(F)F)c1S(=O)(=O)O. The maximum atomic E-state index is 12.6. The van der Waals surface area contributed by atoms with Gasteiger partial charge in [0.2, 0.25) is 0 Å². The molecule has 0 amide bonds.